The summed E-state index contributed by atoms with van der Waals surface area (Å²) in [5, 5.41) is 14.5. The van der Waals surface area contributed by atoms with Gasteiger partial charge in [-0.1, -0.05) is 34.1 Å². The number of benzene rings is 2. The molecule has 0 atom stereocenters. The van der Waals surface area contributed by atoms with Crippen LogP contribution < -0.4 is 9.75 Å². The summed E-state index contributed by atoms with van der Waals surface area (Å²) in [7, 11) is 0. The number of anilines is 1. The van der Waals surface area contributed by atoms with Gasteiger partial charge in [-0.25, -0.2) is 4.79 Å². The number of carboxylic acids is 1. The molecule has 1 amide bonds. The fourth-order valence-electron chi connectivity index (χ4n) is 2.49. The Bertz CT molecular complexity index is 922. The van der Waals surface area contributed by atoms with Crippen molar-refractivity contribution in [3.8, 4) is 5.75 Å². The third-order valence-corrected chi connectivity index (χ3v) is 4.18. The van der Waals surface area contributed by atoms with E-state index < -0.39 is 12.6 Å². The van der Waals surface area contributed by atoms with Crippen LogP contribution in [-0.4, -0.2) is 29.3 Å². The summed E-state index contributed by atoms with van der Waals surface area (Å²) in [6.07, 6.45) is 1.66. The molecule has 6 nitrogen and oxygen atoms in total. The number of para-hydroxylation sites is 1. The predicted octanol–water partition coefficient (Wildman–Crippen LogP) is 3.72. The summed E-state index contributed by atoms with van der Waals surface area (Å²) in [6.45, 7) is 1.29. The number of amides is 1. The van der Waals surface area contributed by atoms with E-state index in [0.29, 0.717) is 28.3 Å². The molecule has 3 rings (SSSR count). The summed E-state index contributed by atoms with van der Waals surface area (Å²) in [5.41, 5.74) is 2.26. The van der Waals surface area contributed by atoms with Crippen molar-refractivity contribution in [1.82, 2.24) is 0 Å². The second kappa shape index (κ2) is 7.53. The van der Waals surface area contributed by atoms with Gasteiger partial charge in [0.2, 0.25) is 0 Å². The quantitative estimate of drug-likeness (QED) is 0.756. The van der Waals surface area contributed by atoms with Gasteiger partial charge in [-0.05, 0) is 43.3 Å². The lowest BCUT2D eigenvalue weighted by atomic mass is 10.1. The fraction of sp³-hybridized carbons (Fsp3) is 0.105. The first-order valence-corrected chi connectivity index (χ1v) is 8.56. The Morgan fingerprint density at radius 1 is 1.27 bits per heavy atom. The maximum Gasteiger partial charge on any atom is 0.341 e. The first-order chi connectivity index (χ1) is 12.5. The molecule has 0 bridgehead atoms. The molecule has 26 heavy (non-hydrogen) atoms. The van der Waals surface area contributed by atoms with Crippen molar-refractivity contribution in [2.45, 2.75) is 6.92 Å². The molecule has 2 aromatic rings. The monoisotopic (exact) mass is 414 g/mol. The molecule has 0 saturated carbocycles. The molecule has 1 aliphatic heterocycles. The number of halogens is 1. The average molecular weight is 415 g/mol. The van der Waals surface area contributed by atoms with Crippen LogP contribution in [0.5, 0.6) is 5.75 Å². The van der Waals surface area contributed by atoms with Gasteiger partial charge < -0.3 is 9.84 Å². The van der Waals surface area contributed by atoms with Crippen LogP contribution in [0.2, 0.25) is 0 Å². The molecule has 2 aromatic carbocycles. The first kappa shape index (κ1) is 17.9. The average Bonchev–Trinajstić information content (AvgIpc) is 2.90. The number of nitrogens with zero attached hydrogens (tertiary/aromatic N) is 2. The number of aliphatic carboxylic acids is 1. The Hall–Kier alpha value is -2.93. The summed E-state index contributed by atoms with van der Waals surface area (Å²) in [6, 6.07) is 14.3. The number of ether oxygens (including phenoxy) is 1. The van der Waals surface area contributed by atoms with Crippen molar-refractivity contribution in [3.05, 3.63) is 64.1 Å². The Labute approximate surface area is 158 Å². The van der Waals surface area contributed by atoms with Gasteiger partial charge in [0.05, 0.1) is 17.0 Å². The minimum Gasteiger partial charge on any atom is -0.481 e. The number of hydrazone groups is 1. The maximum atomic E-state index is 12.8. The fourth-order valence-corrected chi connectivity index (χ4v) is 2.87. The van der Waals surface area contributed by atoms with E-state index in [4.69, 9.17) is 9.84 Å². The number of hydrogen-bond donors (Lipinski definition) is 1. The predicted molar refractivity (Wildman–Crippen MR) is 102 cm³/mol. The van der Waals surface area contributed by atoms with Crippen LogP contribution in [0.15, 0.2) is 63.7 Å². The van der Waals surface area contributed by atoms with Gasteiger partial charge in [0.1, 0.15) is 5.75 Å². The molecule has 7 heteroatoms. The highest BCUT2D eigenvalue weighted by Crippen LogP contribution is 2.29. The molecule has 0 aliphatic carbocycles. The summed E-state index contributed by atoms with van der Waals surface area (Å²) < 4.78 is 6.10. The van der Waals surface area contributed by atoms with E-state index in [-0.39, 0.29) is 5.91 Å². The van der Waals surface area contributed by atoms with E-state index in [1.165, 1.54) is 5.01 Å². The topological polar surface area (TPSA) is 79.2 Å². The van der Waals surface area contributed by atoms with Crippen molar-refractivity contribution < 1.29 is 19.4 Å². The van der Waals surface area contributed by atoms with Gasteiger partial charge in [-0.15, -0.1) is 0 Å². The molecule has 132 valence electrons. The second-order valence-corrected chi connectivity index (χ2v) is 6.48. The lowest BCUT2D eigenvalue weighted by Crippen LogP contribution is -2.21. The molecular formula is C19H15BrN2O4. The Balaban J connectivity index is 1.95. The molecule has 0 aromatic heterocycles. The largest absolute Gasteiger partial charge is 0.481 e. The number of carboxylic acid groups (broad SMARTS) is 1. The van der Waals surface area contributed by atoms with Gasteiger partial charge >= 0.3 is 5.97 Å². The third-order valence-electron chi connectivity index (χ3n) is 3.69. The number of rotatable bonds is 5. The molecule has 0 unspecified atom stereocenters. The van der Waals surface area contributed by atoms with Gasteiger partial charge in [-0.2, -0.15) is 10.1 Å². The van der Waals surface area contributed by atoms with E-state index in [2.05, 4.69) is 21.0 Å². The Morgan fingerprint density at radius 3 is 2.69 bits per heavy atom. The zero-order chi connectivity index (χ0) is 18.7. The highest BCUT2D eigenvalue weighted by molar-refractivity contribution is 9.10. The first-order valence-electron chi connectivity index (χ1n) is 7.76. The molecule has 1 N–H and O–H groups in total. The molecular weight excluding hydrogens is 400 g/mol. The molecule has 0 spiro atoms. The van der Waals surface area contributed by atoms with E-state index >= 15 is 0 Å². The molecule has 1 heterocycles. The second-order valence-electron chi connectivity index (χ2n) is 5.56. The smallest absolute Gasteiger partial charge is 0.341 e. The highest BCUT2D eigenvalue weighted by atomic mass is 79.9. The molecule has 0 fully saturated rings. The zero-order valence-electron chi connectivity index (χ0n) is 13.8. The third kappa shape index (κ3) is 3.83. The normalized spacial score (nSPS) is 15.3. The van der Waals surface area contributed by atoms with E-state index in [1.54, 1.807) is 43.3 Å². The summed E-state index contributed by atoms with van der Waals surface area (Å²) >= 11 is 3.38. The van der Waals surface area contributed by atoms with Gasteiger partial charge in [0.25, 0.3) is 5.91 Å². The summed E-state index contributed by atoms with van der Waals surface area (Å²) in [4.78, 5) is 23.5. The minimum absolute atomic E-state index is 0.252. The van der Waals surface area contributed by atoms with Crippen LogP contribution in [0, 0.1) is 0 Å². The van der Waals surface area contributed by atoms with Crippen LogP contribution in [0.1, 0.15) is 12.5 Å². The van der Waals surface area contributed by atoms with Crippen molar-refractivity contribution >= 4 is 45.3 Å². The van der Waals surface area contributed by atoms with Crippen molar-refractivity contribution in [2.75, 3.05) is 11.6 Å². The van der Waals surface area contributed by atoms with E-state index in [1.807, 2.05) is 18.2 Å². The van der Waals surface area contributed by atoms with E-state index in [0.717, 1.165) is 4.47 Å². The van der Waals surface area contributed by atoms with Gasteiger partial charge in [0.15, 0.2) is 6.61 Å². The lowest BCUT2D eigenvalue weighted by molar-refractivity contribution is -0.139. The SMILES string of the molecule is CC1=NN(c2ccccc2)C(=O)C1=Cc1cc(Br)ccc1OCC(=O)O. The standard InChI is InChI=1S/C19H15BrN2O4/c1-12-16(19(25)22(21-12)15-5-3-2-4-6-15)10-13-9-14(20)7-8-17(13)26-11-18(23)24/h2-10H,11H2,1H3,(H,23,24). The van der Waals surface area contributed by atoms with Crippen molar-refractivity contribution in [2.24, 2.45) is 5.10 Å². The Morgan fingerprint density at radius 2 is 2.00 bits per heavy atom. The summed E-state index contributed by atoms with van der Waals surface area (Å²) in [5.74, 6) is -0.948. The van der Waals surface area contributed by atoms with E-state index in [9.17, 15) is 9.59 Å². The maximum absolute atomic E-state index is 12.8. The molecule has 0 saturated heterocycles. The van der Waals surface area contributed by atoms with Crippen molar-refractivity contribution in [1.29, 1.82) is 0 Å². The van der Waals surface area contributed by atoms with Crippen LogP contribution in [-0.2, 0) is 9.59 Å². The highest BCUT2D eigenvalue weighted by Gasteiger charge is 2.28. The lowest BCUT2D eigenvalue weighted by Gasteiger charge is -2.11. The minimum atomic E-state index is -1.07. The molecule has 0 radical (unpaired) electrons. The number of hydrogen-bond acceptors (Lipinski definition) is 4. The van der Waals surface area contributed by atoms with Crippen LogP contribution in [0.25, 0.3) is 6.08 Å². The molecule has 1 aliphatic rings. The van der Waals surface area contributed by atoms with Crippen LogP contribution in [0.4, 0.5) is 5.69 Å². The van der Waals surface area contributed by atoms with Gasteiger partial charge in [-0.3, -0.25) is 4.79 Å². The number of carbonyl (C=O) groups excluding carboxylic acids is 1. The number of carbonyl (C=O) groups is 2. The van der Waals surface area contributed by atoms with Gasteiger partial charge in [0, 0.05) is 10.0 Å². The Kier molecular flexibility index (Phi) is 5.18. The van der Waals surface area contributed by atoms with Crippen LogP contribution >= 0.6 is 15.9 Å². The zero-order valence-corrected chi connectivity index (χ0v) is 15.4. The van der Waals surface area contributed by atoms with Crippen molar-refractivity contribution in [3.63, 3.8) is 0 Å². The van der Waals surface area contributed by atoms with Crippen LogP contribution in [0.3, 0.4) is 0 Å².